The number of nitrogens with zero attached hydrogens (tertiary/aromatic N) is 2. The van der Waals surface area contributed by atoms with E-state index in [1.54, 1.807) is 0 Å². The van der Waals surface area contributed by atoms with E-state index >= 15 is 0 Å². The Labute approximate surface area is 79.4 Å². The molecule has 0 aromatic heterocycles. The standard InChI is InChI=1S/C11H14N2/c1-9-4-6-10(7-5-9)11(8-12)13(2)3/h4-7,11H,1-3H3/t11-/m1/s1. The van der Waals surface area contributed by atoms with Crippen LogP contribution < -0.4 is 0 Å². The first-order chi connectivity index (χ1) is 6.15. The van der Waals surface area contributed by atoms with Gasteiger partial charge in [-0.3, -0.25) is 4.90 Å². The van der Waals surface area contributed by atoms with Crippen LogP contribution in [-0.2, 0) is 0 Å². The Morgan fingerprint density at radius 2 is 1.77 bits per heavy atom. The molecule has 0 N–H and O–H groups in total. The number of hydrogen-bond donors (Lipinski definition) is 0. The van der Waals surface area contributed by atoms with E-state index in [0.29, 0.717) is 0 Å². The van der Waals surface area contributed by atoms with E-state index in [1.807, 2.05) is 50.2 Å². The lowest BCUT2D eigenvalue weighted by atomic mass is 10.1. The normalized spacial score (nSPS) is 12.5. The zero-order valence-electron chi connectivity index (χ0n) is 8.28. The summed E-state index contributed by atoms with van der Waals surface area (Å²) in [4.78, 5) is 1.91. The van der Waals surface area contributed by atoms with E-state index in [1.165, 1.54) is 5.56 Å². The van der Waals surface area contributed by atoms with Gasteiger partial charge in [-0.15, -0.1) is 0 Å². The summed E-state index contributed by atoms with van der Waals surface area (Å²) >= 11 is 0. The van der Waals surface area contributed by atoms with Gasteiger partial charge >= 0.3 is 0 Å². The summed E-state index contributed by atoms with van der Waals surface area (Å²) in [7, 11) is 3.82. The minimum Gasteiger partial charge on any atom is -0.291 e. The van der Waals surface area contributed by atoms with Gasteiger partial charge in [-0.2, -0.15) is 5.26 Å². The Kier molecular flexibility index (Phi) is 3.05. The summed E-state index contributed by atoms with van der Waals surface area (Å²) in [5.74, 6) is 0. The van der Waals surface area contributed by atoms with Crippen LogP contribution in [0.5, 0.6) is 0 Å². The van der Waals surface area contributed by atoms with Gasteiger partial charge in [0.15, 0.2) is 0 Å². The highest BCUT2D eigenvalue weighted by atomic mass is 15.1. The lowest BCUT2D eigenvalue weighted by Crippen LogP contribution is -2.18. The van der Waals surface area contributed by atoms with Crippen LogP contribution in [0.2, 0.25) is 0 Å². The van der Waals surface area contributed by atoms with Crippen LogP contribution in [0.25, 0.3) is 0 Å². The second-order valence-electron chi connectivity index (χ2n) is 3.41. The van der Waals surface area contributed by atoms with Gasteiger partial charge in [0, 0.05) is 0 Å². The molecule has 1 atom stereocenters. The molecule has 1 aromatic carbocycles. The molecule has 0 aliphatic rings. The SMILES string of the molecule is Cc1ccc([C@@H](C#N)N(C)C)cc1. The van der Waals surface area contributed by atoms with Crippen molar-refractivity contribution in [2.24, 2.45) is 0 Å². The van der Waals surface area contributed by atoms with E-state index in [-0.39, 0.29) is 6.04 Å². The van der Waals surface area contributed by atoms with Crippen LogP contribution in [0.1, 0.15) is 17.2 Å². The molecule has 0 aliphatic carbocycles. The average molecular weight is 174 g/mol. The lowest BCUT2D eigenvalue weighted by Gasteiger charge is -2.17. The first kappa shape index (κ1) is 9.76. The topological polar surface area (TPSA) is 27.0 Å². The molecule has 0 unspecified atom stereocenters. The van der Waals surface area contributed by atoms with Crippen molar-refractivity contribution in [2.75, 3.05) is 14.1 Å². The maximum atomic E-state index is 8.93. The van der Waals surface area contributed by atoms with Gasteiger partial charge in [-0.05, 0) is 26.6 Å². The molecule has 0 amide bonds. The molecule has 0 saturated carbocycles. The van der Waals surface area contributed by atoms with Crippen molar-refractivity contribution in [3.8, 4) is 6.07 Å². The van der Waals surface area contributed by atoms with Gasteiger partial charge in [0.25, 0.3) is 0 Å². The van der Waals surface area contributed by atoms with Crippen molar-refractivity contribution in [1.29, 1.82) is 5.26 Å². The fourth-order valence-corrected chi connectivity index (χ4v) is 1.24. The molecule has 68 valence electrons. The highest BCUT2D eigenvalue weighted by Crippen LogP contribution is 2.17. The summed E-state index contributed by atoms with van der Waals surface area (Å²) in [5.41, 5.74) is 2.28. The van der Waals surface area contributed by atoms with Crippen molar-refractivity contribution < 1.29 is 0 Å². The fourth-order valence-electron chi connectivity index (χ4n) is 1.24. The summed E-state index contributed by atoms with van der Waals surface area (Å²) in [5, 5.41) is 8.93. The third-order valence-electron chi connectivity index (χ3n) is 2.03. The third-order valence-corrected chi connectivity index (χ3v) is 2.03. The summed E-state index contributed by atoms with van der Waals surface area (Å²) < 4.78 is 0. The van der Waals surface area contributed by atoms with Gasteiger partial charge < -0.3 is 0 Å². The van der Waals surface area contributed by atoms with E-state index in [0.717, 1.165) is 5.56 Å². The molecule has 0 saturated heterocycles. The fraction of sp³-hybridized carbons (Fsp3) is 0.364. The van der Waals surface area contributed by atoms with E-state index in [2.05, 4.69) is 6.07 Å². The van der Waals surface area contributed by atoms with Crippen LogP contribution >= 0.6 is 0 Å². The molecule has 0 bridgehead atoms. The molecule has 0 aliphatic heterocycles. The summed E-state index contributed by atoms with van der Waals surface area (Å²) in [6.07, 6.45) is 0. The predicted molar refractivity (Wildman–Crippen MR) is 53.2 cm³/mol. The Hall–Kier alpha value is -1.33. The van der Waals surface area contributed by atoms with Crippen molar-refractivity contribution in [3.05, 3.63) is 35.4 Å². The van der Waals surface area contributed by atoms with Crippen molar-refractivity contribution in [2.45, 2.75) is 13.0 Å². The molecule has 0 spiro atoms. The molecule has 0 radical (unpaired) electrons. The molecular formula is C11H14N2. The minimum absolute atomic E-state index is 0.138. The molecular weight excluding hydrogens is 160 g/mol. The Morgan fingerprint density at radius 1 is 1.23 bits per heavy atom. The van der Waals surface area contributed by atoms with E-state index in [4.69, 9.17) is 5.26 Å². The van der Waals surface area contributed by atoms with Gasteiger partial charge in [-0.25, -0.2) is 0 Å². The van der Waals surface area contributed by atoms with Crippen LogP contribution in [-0.4, -0.2) is 19.0 Å². The molecule has 0 heterocycles. The molecule has 2 heteroatoms. The van der Waals surface area contributed by atoms with E-state index in [9.17, 15) is 0 Å². The van der Waals surface area contributed by atoms with Crippen molar-refractivity contribution >= 4 is 0 Å². The highest BCUT2D eigenvalue weighted by Gasteiger charge is 2.11. The Morgan fingerprint density at radius 3 is 2.15 bits per heavy atom. The maximum Gasteiger partial charge on any atom is 0.123 e. The second-order valence-corrected chi connectivity index (χ2v) is 3.41. The Bertz CT molecular complexity index is 306. The van der Waals surface area contributed by atoms with Crippen LogP contribution in [0.3, 0.4) is 0 Å². The number of rotatable bonds is 2. The first-order valence-electron chi connectivity index (χ1n) is 4.27. The zero-order chi connectivity index (χ0) is 9.84. The largest absolute Gasteiger partial charge is 0.291 e. The minimum atomic E-state index is -0.138. The van der Waals surface area contributed by atoms with Crippen LogP contribution in [0.15, 0.2) is 24.3 Å². The smallest absolute Gasteiger partial charge is 0.123 e. The lowest BCUT2D eigenvalue weighted by molar-refractivity contribution is 0.358. The van der Waals surface area contributed by atoms with Gasteiger partial charge in [-0.1, -0.05) is 29.8 Å². The number of hydrogen-bond acceptors (Lipinski definition) is 2. The summed E-state index contributed by atoms with van der Waals surface area (Å²) in [6.45, 7) is 2.04. The molecule has 1 aromatic rings. The monoisotopic (exact) mass is 174 g/mol. The van der Waals surface area contributed by atoms with Crippen molar-refractivity contribution in [1.82, 2.24) is 4.90 Å². The number of benzene rings is 1. The Balaban J connectivity index is 2.94. The first-order valence-corrected chi connectivity index (χ1v) is 4.27. The predicted octanol–water partition coefficient (Wildman–Crippen LogP) is 2.12. The quantitative estimate of drug-likeness (QED) is 0.686. The molecule has 13 heavy (non-hydrogen) atoms. The number of aryl methyl sites for hydroxylation is 1. The number of nitriles is 1. The maximum absolute atomic E-state index is 8.93. The van der Waals surface area contributed by atoms with Crippen molar-refractivity contribution in [3.63, 3.8) is 0 Å². The average Bonchev–Trinajstić information content (AvgIpc) is 2.09. The molecule has 0 fully saturated rings. The zero-order valence-corrected chi connectivity index (χ0v) is 8.28. The molecule has 1 rings (SSSR count). The van der Waals surface area contributed by atoms with E-state index < -0.39 is 0 Å². The van der Waals surface area contributed by atoms with Gasteiger partial charge in [0.05, 0.1) is 6.07 Å². The molecule has 2 nitrogen and oxygen atoms in total. The van der Waals surface area contributed by atoms with Crippen LogP contribution in [0, 0.1) is 18.3 Å². The van der Waals surface area contributed by atoms with Crippen LogP contribution in [0.4, 0.5) is 0 Å². The summed E-state index contributed by atoms with van der Waals surface area (Å²) in [6, 6.07) is 10.2. The third kappa shape index (κ3) is 2.30. The second kappa shape index (κ2) is 4.06. The highest BCUT2D eigenvalue weighted by molar-refractivity contribution is 5.27. The van der Waals surface area contributed by atoms with Gasteiger partial charge in [0.2, 0.25) is 0 Å². The van der Waals surface area contributed by atoms with Gasteiger partial charge in [0.1, 0.15) is 6.04 Å².